The lowest BCUT2D eigenvalue weighted by Gasteiger charge is -2.44. The van der Waals surface area contributed by atoms with Crippen LogP contribution in [0.25, 0.3) is 0 Å². The van der Waals surface area contributed by atoms with Crippen molar-refractivity contribution in [1.29, 1.82) is 0 Å². The second-order valence-corrected chi connectivity index (χ2v) is 6.02. The van der Waals surface area contributed by atoms with E-state index in [4.69, 9.17) is 15.2 Å². The van der Waals surface area contributed by atoms with Crippen molar-refractivity contribution in [1.82, 2.24) is 4.90 Å². The topological polar surface area (TPSA) is 122 Å². The minimum Gasteiger partial charge on any atom is -0.388 e. The van der Waals surface area contributed by atoms with Crippen LogP contribution in [-0.2, 0) is 9.47 Å². The molecule has 2 amide bonds. The van der Waals surface area contributed by atoms with E-state index in [1.807, 2.05) is 0 Å². The van der Waals surface area contributed by atoms with Crippen LogP contribution in [0.4, 0.5) is 0 Å². The van der Waals surface area contributed by atoms with Gasteiger partial charge in [-0.25, -0.2) is 0 Å². The molecule has 3 aliphatic rings. The van der Waals surface area contributed by atoms with Gasteiger partial charge in [0.05, 0.1) is 17.7 Å². The van der Waals surface area contributed by atoms with Crippen molar-refractivity contribution in [2.45, 2.75) is 30.1 Å². The maximum absolute atomic E-state index is 12.6. The van der Waals surface area contributed by atoms with Gasteiger partial charge in [0.2, 0.25) is 0 Å². The molecule has 3 aliphatic heterocycles. The molecule has 8 heteroatoms. The normalized spacial score (nSPS) is 39.0. The average Bonchev–Trinajstić information content (AvgIpc) is 3.08. The van der Waals surface area contributed by atoms with Crippen LogP contribution in [0.3, 0.4) is 0 Å². The van der Waals surface area contributed by atoms with E-state index in [0.29, 0.717) is 0 Å². The summed E-state index contributed by atoms with van der Waals surface area (Å²) in [5.41, 5.74) is 4.93. The summed E-state index contributed by atoms with van der Waals surface area (Å²) < 4.78 is 11.1. The number of nitrogens with zero attached hydrogens (tertiary/aromatic N) is 1. The lowest BCUT2D eigenvalue weighted by molar-refractivity contribution is -0.231. The lowest BCUT2D eigenvalue weighted by atomic mass is 9.87. The minimum absolute atomic E-state index is 0.00787. The molecule has 1 unspecified atom stereocenters. The van der Waals surface area contributed by atoms with Crippen molar-refractivity contribution in [2.75, 3.05) is 13.2 Å². The first-order chi connectivity index (χ1) is 11.0. The number of carbonyl (C=O) groups excluding carboxylic acids is 2. The lowest BCUT2D eigenvalue weighted by Crippen LogP contribution is -2.67. The van der Waals surface area contributed by atoms with Crippen LogP contribution >= 0.6 is 0 Å². The van der Waals surface area contributed by atoms with Crippen molar-refractivity contribution in [3.8, 4) is 0 Å². The van der Waals surface area contributed by atoms with Crippen LogP contribution in [0.1, 0.15) is 20.7 Å². The quantitative estimate of drug-likeness (QED) is 0.564. The maximum Gasteiger partial charge on any atom is 0.262 e. The van der Waals surface area contributed by atoms with Gasteiger partial charge in [-0.3, -0.25) is 14.5 Å². The molecule has 0 spiro atoms. The molecular formula is C15H16N2O6. The molecule has 122 valence electrons. The molecule has 2 saturated heterocycles. The van der Waals surface area contributed by atoms with Crippen LogP contribution in [0, 0.1) is 0 Å². The van der Waals surface area contributed by atoms with Crippen LogP contribution in [0.15, 0.2) is 24.3 Å². The Morgan fingerprint density at radius 3 is 2.39 bits per heavy atom. The largest absolute Gasteiger partial charge is 0.388 e. The van der Waals surface area contributed by atoms with Crippen molar-refractivity contribution in [2.24, 2.45) is 5.73 Å². The predicted octanol–water partition coefficient (Wildman–Crippen LogP) is -1.54. The molecule has 2 bridgehead atoms. The summed E-state index contributed by atoms with van der Waals surface area (Å²) in [7, 11) is 0. The Hall–Kier alpha value is -1.84. The van der Waals surface area contributed by atoms with E-state index in [1.165, 1.54) is 0 Å². The molecule has 3 heterocycles. The molecule has 5 atom stereocenters. The number of ether oxygens (including phenoxy) is 2. The highest BCUT2D eigenvalue weighted by Crippen LogP contribution is 2.40. The van der Waals surface area contributed by atoms with E-state index < -0.39 is 42.0 Å². The third-order valence-electron chi connectivity index (χ3n) is 4.80. The highest BCUT2D eigenvalue weighted by Gasteiger charge is 2.62. The van der Waals surface area contributed by atoms with E-state index in [0.717, 1.165) is 4.90 Å². The summed E-state index contributed by atoms with van der Waals surface area (Å²) in [5.74, 6) is -1.08. The zero-order chi connectivity index (χ0) is 16.4. The van der Waals surface area contributed by atoms with Gasteiger partial charge >= 0.3 is 0 Å². The predicted molar refractivity (Wildman–Crippen MR) is 75.4 cm³/mol. The monoisotopic (exact) mass is 320 g/mol. The zero-order valence-electron chi connectivity index (χ0n) is 12.1. The van der Waals surface area contributed by atoms with Gasteiger partial charge in [-0.2, -0.15) is 0 Å². The summed E-state index contributed by atoms with van der Waals surface area (Å²) in [6.07, 6.45) is -3.78. The zero-order valence-corrected chi connectivity index (χ0v) is 12.1. The molecular weight excluding hydrogens is 304 g/mol. The number of aliphatic hydroxyl groups excluding tert-OH is 2. The summed E-state index contributed by atoms with van der Waals surface area (Å²) in [4.78, 5) is 26.0. The fraction of sp³-hybridized carbons (Fsp3) is 0.467. The Bertz CT molecular complexity index is 659. The number of hydrogen-bond donors (Lipinski definition) is 3. The SMILES string of the molecule is NC[C@@]12COC(O1)[C@H](N1C(=O)c3ccccc3C1=O)[C@@H](O)[C@H]2O. The molecule has 2 fully saturated rings. The van der Waals surface area contributed by atoms with E-state index in [9.17, 15) is 19.8 Å². The van der Waals surface area contributed by atoms with Gasteiger partial charge in [-0.1, -0.05) is 12.1 Å². The van der Waals surface area contributed by atoms with Crippen LogP contribution < -0.4 is 5.73 Å². The molecule has 0 saturated carbocycles. The molecule has 4 N–H and O–H groups in total. The number of amides is 2. The van der Waals surface area contributed by atoms with E-state index >= 15 is 0 Å². The van der Waals surface area contributed by atoms with E-state index in [2.05, 4.69) is 0 Å². The third-order valence-corrected chi connectivity index (χ3v) is 4.80. The first-order valence-electron chi connectivity index (χ1n) is 7.33. The van der Waals surface area contributed by atoms with Gasteiger partial charge in [-0.05, 0) is 12.1 Å². The van der Waals surface area contributed by atoms with Crippen molar-refractivity contribution in [3.05, 3.63) is 35.4 Å². The van der Waals surface area contributed by atoms with Crippen LogP contribution in [0.5, 0.6) is 0 Å². The molecule has 0 radical (unpaired) electrons. The number of carbonyl (C=O) groups is 2. The summed E-state index contributed by atoms with van der Waals surface area (Å²) in [6.45, 7) is -0.0529. The van der Waals surface area contributed by atoms with Crippen molar-refractivity contribution < 1.29 is 29.3 Å². The molecule has 4 rings (SSSR count). The number of aliphatic hydroxyl groups is 2. The number of benzene rings is 1. The van der Waals surface area contributed by atoms with Crippen LogP contribution in [0.2, 0.25) is 0 Å². The van der Waals surface area contributed by atoms with Gasteiger partial charge in [0.1, 0.15) is 23.9 Å². The highest BCUT2D eigenvalue weighted by atomic mass is 16.7. The number of hydrogen-bond acceptors (Lipinski definition) is 7. The summed E-state index contributed by atoms with van der Waals surface area (Å²) in [5, 5.41) is 20.8. The highest BCUT2D eigenvalue weighted by molar-refractivity contribution is 6.21. The fourth-order valence-electron chi connectivity index (χ4n) is 3.49. The first kappa shape index (κ1) is 14.7. The minimum atomic E-state index is -1.40. The van der Waals surface area contributed by atoms with Gasteiger partial charge in [0.25, 0.3) is 11.8 Å². The Balaban J connectivity index is 1.72. The number of rotatable bonds is 2. The summed E-state index contributed by atoms with van der Waals surface area (Å²) >= 11 is 0. The van der Waals surface area contributed by atoms with E-state index in [1.54, 1.807) is 24.3 Å². The molecule has 1 aromatic carbocycles. The number of nitrogens with two attached hydrogens (primary N) is 1. The number of imide groups is 1. The molecule has 8 nitrogen and oxygen atoms in total. The van der Waals surface area contributed by atoms with Crippen LogP contribution in [-0.4, -0.2) is 70.2 Å². The standard InChI is InChI=1S/C15H16N2O6/c16-5-15-6-22-14(23-15)9(10(18)11(15)19)17-12(20)7-3-1-2-4-8(7)13(17)21/h1-4,9-11,14,18-19H,5-6,16H2/t9-,10-,11-,14?,15+/m1/s1. The molecule has 0 aromatic heterocycles. The second-order valence-electron chi connectivity index (χ2n) is 6.02. The van der Waals surface area contributed by atoms with E-state index in [-0.39, 0.29) is 24.3 Å². The molecule has 1 aromatic rings. The van der Waals surface area contributed by atoms with Gasteiger partial charge in [0, 0.05) is 6.54 Å². The Labute approximate surface area is 131 Å². The smallest absolute Gasteiger partial charge is 0.262 e. The van der Waals surface area contributed by atoms with Gasteiger partial charge < -0.3 is 25.4 Å². The average molecular weight is 320 g/mol. The Morgan fingerprint density at radius 2 is 1.83 bits per heavy atom. The number of fused-ring (bicyclic) bond motifs is 3. The summed E-state index contributed by atoms with van der Waals surface area (Å²) in [6, 6.07) is 5.27. The molecule has 23 heavy (non-hydrogen) atoms. The Kier molecular flexibility index (Phi) is 3.09. The van der Waals surface area contributed by atoms with Gasteiger partial charge in [0.15, 0.2) is 6.29 Å². The molecule has 0 aliphatic carbocycles. The van der Waals surface area contributed by atoms with Gasteiger partial charge in [-0.15, -0.1) is 0 Å². The Morgan fingerprint density at radius 1 is 1.22 bits per heavy atom. The third kappa shape index (κ3) is 1.78. The maximum atomic E-state index is 12.6. The fourth-order valence-corrected chi connectivity index (χ4v) is 3.49. The van der Waals surface area contributed by atoms with Crippen molar-refractivity contribution in [3.63, 3.8) is 0 Å². The van der Waals surface area contributed by atoms with Crippen molar-refractivity contribution >= 4 is 11.8 Å². The first-order valence-corrected chi connectivity index (χ1v) is 7.33. The second kappa shape index (κ2) is 4.83.